The van der Waals surface area contributed by atoms with Crippen molar-refractivity contribution in [2.75, 3.05) is 26.2 Å². The zero-order chi connectivity index (χ0) is 23.3. The lowest BCUT2D eigenvalue weighted by Gasteiger charge is -2.33. The number of carbonyl (C=O) groups is 1. The quantitative estimate of drug-likeness (QED) is 0.496. The minimum atomic E-state index is -3.63. The molecule has 1 unspecified atom stereocenters. The van der Waals surface area contributed by atoms with Crippen molar-refractivity contribution < 1.29 is 13.2 Å². The topological polar surface area (TPSA) is 96.6 Å². The molecule has 0 spiro atoms. The average Bonchev–Trinajstić information content (AvgIpc) is 2.84. The molecule has 0 radical (unpaired) electrons. The summed E-state index contributed by atoms with van der Waals surface area (Å²) in [7, 11) is -3.63. The van der Waals surface area contributed by atoms with E-state index in [0.717, 1.165) is 12.1 Å². The first-order valence-electron chi connectivity index (χ1n) is 10.7. The van der Waals surface area contributed by atoms with Crippen LogP contribution in [0, 0.1) is 0 Å². The van der Waals surface area contributed by atoms with Crippen LogP contribution >= 0.6 is 11.8 Å². The van der Waals surface area contributed by atoms with E-state index in [0.29, 0.717) is 31.2 Å². The molecule has 1 fully saturated rings. The fourth-order valence-corrected chi connectivity index (χ4v) is 6.03. The Labute approximate surface area is 198 Å². The van der Waals surface area contributed by atoms with Crippen LogP contribution in [0.2, 0.25) is 0 Å². The maximum Gasteiger partial charge on any atom is 0.244 e. The van der Waals surface area contributed by atoms with Crippen molar-refractivity contribution in [2.24, 2.45) is 5.73 Å². The van der Waals surface area contributed by atoms with Gasteiger partial charge in [0.15, 0.2) is 0 Å². The largest absolute Gasteiger partial charge is 0.368 e. The van der Waals surface area contributed by atoms with E-state index in [2.05, 4.69) is 22.0 Å². The summed E-state index contributed by atoms with van der Waals surface area (Å²) in [5.41, 5.74) is 7.58. The predicted octanol–water partition coefficient (Wildman–Crippen LogP) is 2.91. The molecule has 2 heterocycles. The van der Waals surface area contributed by atoms with Crippen molar-refractivity contribution in [1.82, 2.24) is 14.2 Å². The van der Waals surface area contributed by atoms with Gasteiger partial charge in [0, 0.05) is 38.9 Å². The third-order valence-corrected chi connectivity index (χ3v) is 8.63. The number of thioether (sulfide) groups is 1. The zero-order valence-corrected chi connectivity index (χ0v) is 19.7. The van der Waals surface area contributed by atoms with Crippen molar-refractivity contribution in [3.8, 4) is 0 Å². The number of sulfonamides is 1. The van der Waals surface area contributed by atoms with Crippen LogP contribution in [0.1, 0.15) is 16.4 Å². The van der Waals surface area contributed by atoms with Crippen LogP contribution in [0.25, 0.3) is 0 Å². The van der Waals surface area contributed by atoms with Crippen LogP contribution < -0.4 is 5.73 Å². The molecule has 1 aliphatic rings. The fourth-order valence-electron chi connectivity index (χ4n) is 3.75. The Morgan fingerprint density at radius 3 is 2.15 bits per heavy atom. The normalized spacial score (nSPS) is 16.4. The van der Waals surface area contributed by atoms with Gasteiger partial charge in [0.05, 0.1) is 5.03 Å². The molecule has 33 heavy (non-hydrogen) atoms. The first-order chi connectivity index (χ1) is 15.9. The number of nitrogens with two attached hydrogens (primary N) is 1. The smallest absolute Gasteiger partial charge is 0.244 e. The minimum Gasteiger partial charge on any atom is -0.368 e. The molecule has 0 bridgehead atoms. The number of aromatic nitrogens is 1. The first-order valence-corrected chi connectivity index (χ1v) is 13.0. The number of primary amides is 1. The number of amides is 1. The lowest BCUT2D eigenvalue weighted by molar-refractivity contribution is -0.117. The number of nitrogens with zero attached hydrogens (tertiary/aromatic N) is 3. The highest BCUT2D eigenvalue weighted by Crippen LogP contribution is 2.34. The number of carbonyl (C=O) groups excluding carboxylic acids is 1. The van der Waals surface area contributed by atoms with E-state index in [1.54, 1.807) is 12.1 Å². The van der Waals surface area contributed by atoms with E-state index in [4.69, 9.17) is 5.73 Å². The Bertz CT molecular complexity index is 1170. The summed E-state index contributed by atoms with van der Waals surface area (Å²) in [5, 5.41) is -0.0619. The molecule has 1 amide bonds. The standard InChI is InChI=1S/C24H26N4O3S2/c25-24(29)23(20-9-5-2-6-10-20)32-22-12-11-21(17-26-22)33(30,31)28-15-13-27(14-16-28)18-19-7-3-1-4-8-19/h1-12,17,23H,13-16,18H2,(H2,25,29). The molecule has 0 aliphatic carbocycles. The second-order valence-corrected chi connectivity index (χ2v) is 10.9. The van der Waals surface area contributed by atoms with Crippen molar-refractivity contribution in [1.29, 1.82) is 0 Å². The Balaban J connectivity index is 1.39. The highest BCUT2D eigenvalue weighted by molar-refractivity contribution is 8.00. The first kappa shape index (κ1) is 23.4. The van der Waals surface area contributed by atoms with Crippen molar-refractivity contribution in [3.05, 3.63) is 90.1 Å². The number of hydrogen-bond donors (Lipinski definition) is 1. The van der Waals surface area contributed by atoms with E-state index >= 15 is 0 Å². The van der Waals surface area contributed by atoms with Gasteiger partial charge in [0.1, 0.15) is 10.1 Å². The van der Waals surface area contributed by atoms with Gasteiger partial charge in [0.2, 0.25) is 15.9 Å². The van der Waals surface area contributed by atoms with Gasteiger partial charge in [-0.15, -0.1) is 0 Å². The number of rotatable bonds is 8. The van der Waals surface area contributed by atoms with E-state index in [1.165, 1.54) is 27.8 Å². The van der Waals surface area contributed by atoms with Crippen LogP contribution in [-0.2, 0) is 21.4 Å². The van der Waals surface area contributed by atoms with E-state index < -0.39 is 21.2 Å². The summed E-state index contributed by atoms with van der Waals surface area (Å²) in [5.74, 6) is -0.474. The van der Waals surface area contributed by atoms with E-state index in [-0.39, 0.29) is 4.90 Å². The summed E-state index contributed by atoms with van der Waals surface area (Å²) in [4.78, 5) is 18.7. The van der Waals surface area contributed by atoms with Crippen LogP contribution in [-0.4, -0.2) is 54.7 Å². The van der Waals surface area contributed by atoms with Gasteiger partial charge < -0.3 is 5.73 Å². The van der Waals surface area contributed by atoms with Crippen LogP contribution in [0.3, 0.4) is 0 Å². The van der Waals surface area contributed by atoms with Gasteiger partial charge in [-0.2, -0.15) is 4.31 Å². The van der Waals surface area contributed by atoms with Gasteiger partial charge in [-0.25, -0.2) is 13.4 Å². The summed E-state index contributed by atoms with van der Waals surface area (Å²) >= 11 is 1.21. The van der Waals surface area contributed by atoms with Crippen molar-refractivity contribution in [2.45, 2.75) is 21.7 Å². The second kappa shape index (κ2) is 10.5. The van der Waals surface area contributed by atoms with Crippen molar-refractivity contribution in [3.63, 3.8) is 0 Å². The maximum atomic E-state index is 13.1. The monoisotopic (exact) mass is 482 g/mol. The molecule has 9 heteroatoms. The summed E-state index contributed by atoms with van der Waals surface area (Å²) < 4.78 is 27.7. The number of hydrogen-bond acceptors (Lipinski definition) is 6. The molecule has 1 atom stereocenters. The molecular formula is C24H26N4O3S2. The molecule has 4 rings (SSSR count). The lowest BCUT2D eigenvalue weighted by atomic mass is 10.1. The fraction of sp³-hybridized carbons (Fsp3) is 0.250. The lowest BCUT2D eigenvalue weighted by Crippen LogP contribution is -2.48. The van der Waals surface area contributed by atoms with Gasteiger partial charge in [-0.1, -0.05) is 72.4 Å². The Morgan fingerprint density at radius 1 is 0.939 bits per heavy atom. The summed E-state index contributed by atoms with van der Waals surface area (Å²) in [6.45, 7) is 3.03. The second-order valence-electron chi connectivity index (χ2n) is 7.81. The number of benzene rings is 2. The molecule has 0 saturated carbocycles. The molecule has 7 nitrogen and oxygen atoms in total. The van der Waals surface area contributed by atoms with Gasteiger partial charge in [0.25, 0.3) is 0 Å². The molecular weight excluding hydrogens is 456 g/mol. The van der Waals surface area contributed by atoms with Crippen LogP contribution in [0.4, 0.5) is 0 Å². The molecule has 1 aromatic heterocycles. The van der Waals surface area contributed by atoms with Crippen LogP contribution in [0.15, 0.2) is 88.9 Å². The summed E-state index contributed by atoms with van der Waals surface area (Å²) in [6, 6.07) is 22.6. The number of pyridine rings is 1. The van der Waals surface area contributed by atoms with Gasteiger partial charge in [-0.3, -0.25) is 9.69 Å². The molecule has 2 aromatic carbocycles. The SMILES string of the molecule is NC(=O)C(Sc1ccc(S(=O)(=O)N2CCN(Cc3ccccc3)CC2)cn1)c1ccccc1. The van der Waals surface area contributed by atoms with E-state index in [1.807, 2.05) is 48.5 Å². The molecule has 1 saturated heterocycles. The minimum absolute atomic E-state index is 0.152. The van der Waals surface area contributed by atoms with Gasteiger partial charge >= 0.3 is 0 Å². The highest BCUT2D eigenvalue weighted by Gasteiger charge is 2.29. The highest BCUT2D eigenvalue weighted by atomic mass is 32.2. The van der Waals surface area contributed by atoms with Crippen molar-refractivity contribution >= 4 is 27.7 Å². The molecule has 1 aliphatic heterocycles. The zero-order valence-electron chi connectivity index (χ0n) is 18.1. The van der Waals surface area contributed by atoms with Gasteiger partial charge in [-0.05, 0) is 23.3 Å². The molecule has 2 N–H and O–H groups in total. The summed E-state index contributed by atoms with van der Waals surface area (Å²) in [6.07, 6.45) is 1.36. The molecule has 172 valence electrons. The van der Waals surface area contributed by atoms with Crippen LogP contribution in [0.5, 0.6) is 0 Å². The molecule has 3 aromatic rings. The third kappa shape index (κ3) is 5.80. The predicted molar refractivity (Wildman–Crippen MR) is 129 cm³/mol. The third-order valence-electron chi connectivity index (χ3n) is 5.53. The van der Waals surface area contributed by atoms with E-state index in [9.17, 15) is 13.2 Å². The maximum absolute atomic E-state index is 13.1. The Hall–Kier alpha value is -2.72. The Morgan fingerprint density at radius 2 is 1.58 bits per heavy atom. The Kier molecular flexibility index (Phi) is 7.44. The number of piperazine rings is 1. The average molecular weight is 483 g/mol.